The van der Waals surface area contributed by atoms with Gasteiger partial charge in [-0.3, -0.25) is 0 Å². The number of nitrogens with zero attached hydrogens (tertiary/aromatic N) is 2. The SMILES string of the molecule is CCOc1ccc(N2C=C(C3CCN(CC4CCC(c5ccccc5)N4)CC3)ON2)cc1OC. The molecule has 3 aliphatic rings. The summed E-state index contributed by atoms with van der Waals surface area (Å²) in [6.45, 7) is 5.92. The summed E-state index contributed by atoms with van der Waals surface area (Å²) in [4.78, 5) is 8.49. The fraction of sp³-hybridized carbons (Fsp3) is 0.481. The molecule has 34 heavy (non-hydrogen) atoms. The Kier molecular flexibility index (Phi) is 7.23. The van der Waals surface area contributed by atoms with Gasteiger partial charge < -0.3 is 24.5 Å². The summed E-state index contributed by atoms with van der Waals surface area (Å²) in [6, 6.07) is 17.8. The number of likely N-dealkylation sites (tertiary alicyclic amines) is 1. The Hall–Kier alpha value is -2.74. The molecule has 3 heterocycles. The molecule has 5 rings (SSSR count). The van der Waals surface area contributed by atoms with E-state index in [0.29, 0.717) is 30.4 Å². The van der Waals surface area contributed by atoms with Crippen molar-refractivity contribution in [3.63, 3.8) is 0 Å². The number of ether oxygens (including phenoxy) is 2. The molecule has 2 atom stereocenters. The van der Waals surface area contributed by atoms with Gasteiger partial charge in [-0.1, -0.05) is 35.9 Å². The number of nitrogens with one attached hydrogen (secondary N) is 2. The highest BCUT2D eigenvalue weighted by Gasteiger charge is 2.31. The number of anilines is 1. The van der Waals surface area contributed by atoms with Crippen LogP contribution in [0.1, 0.15) is 44.2 Å². The third kappa shape index (κ3) is 5.17. The molecule has 2 N–H and O–H groups in total. The average molecular weight is 465 g/mol. The summed E-state index contributed by atoms with van der Waals surface area (Å²) in [5, 5.41) is 5.76. The highest BCUT2D eigenvalue weighted by molar-refractivity contribution is 5.57. The third-order valence-corrected chi connectivity index (χ3v) is 7.15. The van der Waals surface area contributed by atoms with E-state index in [1.807, 2.05) is 30.1 Å². The lowest BCUT2D eigenvalue weighted by molar-refractivity contribution is 0.0833. The van der Waals surface area contributed by atoms with Gasteiger partial charge in [0.15, 0.2) is 11.5 Å². The summed E-state index contributed by atoms with van der Waals surface area (Å²) < 4.78 is 11.1. The standard InChI is InChI=1S/C27H36N4O3/c1-3-33-25-12-10-23(17-26(25)32-2)31-19-27(34-29-31)21-13-15-30(16-14-21)18-22-9-11-24(28-22)20-7-5-4-6-8-20/h4-8,10,12,17,19,21-22,24,28-29H,3,9,11,13-16,18H2,1-2H3. The number of rotatable bonds is 8. The zero-order valence-electron chi connectivity index (χ0n) is 20.2. The lowest BCUT2D eigenvalue weighted by atomic mass is 9.94. The van der Waals surface area contributed by atoms with E-state index in [4.69, 9.17) is 14.3 Å². The number of hydrogen-bond donors (Lipinski definition) is 2. The van der Waals surface area contributed by atoms with E-state index < -0.39 is 0 Å². The van der Waals surface area contributed by atoms with Gasteiger partial charge in [0.25, 0.3) is 0 Å². The Morgan fingerprint density at radius 1 is 1.00 bits per heavy atom. The summed E-state index contributed by atoms with van der Waals surface area (Å²) in [6.07, 6.45) is 6.77. The summed E-state index contributed by atoms with van der Waals surface area (Å²) >= 11 is 0. The first-order chi connectivity index (χ1) is 16.7. The molecule has 2 aromatic carbocycles. The van der Waals surface area contributed by atoms with E-state index in [9.17, 15) is 0 Å². The molecule has 0 bridgehead atoms. The first-order valence-corrected chi connectivity index (χ1v) is 12.5. The smallest absolute Gasteiger partial charge is 0.162 e. The molecule has 0 aromatic heterocycles. The van der Waals surface area contributed by atoms with Crippen molar-refractivity contribution in [1.29, 1.82) is 0 Å². The number of hydrazine groups is 1. The van der Waals surface area contributed by atoms with Crippen LogP contribution in [0.5, 0.6) is 11.5 Å². The van der Waals surface area contributed by atoms with Gasteiger partial charge in [-0.2, -0.15) is 0 Å². The summed E-state index contributed by atoms with van der Waals surface area (Å²) in [5.74, 6) is 2.91. The largest absolute Gasteiger partial charge is 0.493 e. The van der Waals surface area contributed by atoms with Gasteiger partial charge in [-0.05, 0) is 63.4 Å². The van der Waals surface area contributed by atoms with Crippen molar-refractivity contribution in [2.45, 2.75) is 44.7 Å². The molecule has 7 nitrogen and oxygen atoms in total. The van der Waals surface area contributed by atoms with Gasteiger partial charge in [0, 0.05) is 30.6 Å². The normalized spacial score (nSPS) is 23.6. The second kappa shape index (κ2) is 10.7. The van der Waals surface area contributed by atoms with Crippen LogP contribution < -0.4 is 25.4 Å². The van der Waals surface area contributed by atoms with E-state index in [1.165, 1.54) is 18.4 Å². The molecule has 2 unspecified atom stereocenters. The van der Waals surface area contributed by atoms with Crippen LogP contribution in [0.4, 0.5) is 5.69 Å². The van der Waals surface area contributed by atoms with Crippen molar-refractivity contribution in [1.82, 2.24) is 15.8 Å². The average Bonchev–Trinajstić information content (AvgIpc) is 3.56. The maximum atomic E-state index is 5.88. The first-order valence-electron chi connectivity index (χ1n) is 12.5. The van der Waals surface area contributed by atoms with Crippen molar-refractivity contribution in [2.24, 2.45) is 5.92 Å². The Morgan fingerprint density at radius 3 is 2.59 bits per heavy atom. The Bertz CT molecular complexity index is 975. The van der Waals surface area contributed by atoms with Gasteiger partial charge >= 0.3 is 0 Å². The summed E-state index contributed by atoms with van der Waals surface area (Å²) in [7, 11) is 1.66. The zero-order chi connectivity index (χ0) is 23.3. The zero-order valence-corrected chi connectivity index (χ0v) is 20.2. The lowest BCUT2D eigenvalue weighted by Crippen LogP contribution is -2.42. The molecule has 0 radical (unpaired) electrons. The Labute approximate surface area is 202 Å². The van der Waals surface area contributed by atoms with Crippen LogP contribution in [0.3, 0.4) is 0 Å². The molecule has 7 heteroatoms. The highest BCUT2D eigenvalue weighted by Crippen LogP contribution is 2.35. The third-order valence-electron chi connectivity index (χ3n) is 7.15. The Morgan fingerprint density at radius 2 is 1.82 bits per heavy atom. The second-order valence-corrected chi connectivity index (χ2v) is 9.34. The predicted octanol–water partition coefficient (Wildman–Crippen LogP) is 4.40. The van der Waals surface area contributed by atoms with Gasteiger partial charge in [-0.15, -0.1) is 0 Å². The molecule has 0 spiro atoms. The molecule has 2 aromatic rings. The van der Waals surface area contributed by atoms with Crippen LogP contribution in [0.15, 0.2) is 60.5 Å². The fourth-order valence-electron chi connectivity index (χ4n) is 5.30. The van der Waals surface area contributed by atoms with Crippen LogP contribution in [-0.2, 0) is 4.84 Å². The van der Waals surface area contributed by atoms with E-state index in [0.717, 1.165) is 49.7 Å². The van der Waals surface area contributed by atoms with Crippen molar-refractivity contribution < 1.29 is 14.3 Å². The van der Waals surface area contributed by atoms with E-state index in [-0.39, 0.29) is 0 Å². The van der Waals surface area contributed by atoms with Crippen molar-refractivity contribution >= 4 is 5.69 Å². The first kappa shape index (κ1) is 23.0. The molecule has 0 saturated carbocycles. The second-order valence-electron chi connectivity index (χ2n) is 9.34. The van der Waals surface area contributed by atoms with E-state index >= 15 is 0 Å². The van der Waals surface area contributed by atoms with Crippen molar-refractivity contribution in [2.75, 3.05) is 38.4 Å². The van der Waals surface area contributed by atoms with Gasteiger partial charge in [0.1, 0.15) is 5.76 Å². The van der Waals surface area contributed by atoms with Crippen LogP contribution in [-0.4, -0.2) is 44.3 Å². The minimum absolute atomic E-state index is 0.437. The monoisotopic (exact) mass is 464 g/mol. The molecule has 2 saturated heterocycles. The predicted molar refractivity (Wildman–Crippen MR) is 133 cm³/mol. The maximum Gasteiger partial charge on any atom is 0.162 e. The minimum Gasteiger partial charge on any atom is -0.493 e. The summed E-state index contributed by atoms with van der Waals surface area (Å²) in [5.41, 5.74) is 5.40. The minimum atomic E-state index is 0.437. The van der Waals surface area contributed by atoms with Crippen molar-refractivity contribution in [3.05, 3.63) is 66.1 Å². The molecular formula is C27H36N4O3. The van der Waals surface area contributed by atoms with Crippen LogP contribution in [0.25, 0.3) is 0 Å². The molecule has 0 amide bonds. The van der Waals surface area contributed by atoms with Gasteiger partial charge in [-0.25, -0.2) is 5.01 Å². The van der Waals surface area contributed by atoms with Gasteiger partial charge in [0.2, 0.25) is 0 Å². The quantitative estimate of drug-likeness (QED) is 0.601. The van der Waals surface area contributed by atoms with Crippen LogP contribution in [0, 0.1) is 5.92 Å². The topological polar surface area (TPSA) is 58.2 Å². The number of benzene rings is 2. The van der Waals surface area contributed by atoms with E-state index in [2.05, 4.69) is 52.3 Å². The van der Waals surface area contributed by atoms with Crippen LogP contribution >= 0.6 is 0 Å². The maximum absolute atomic E-state index is 5.88. The number of piperidine rings is 1. The molecule has 2 fully saturated rings. The molecule has 182 valence electrons. The van der Waals surface area contributed by atoms with Gasteiger partial charge in [0.05, 0.1) is 25.6 Å². The highest BCUT2D eigenvalue weighted by atomic mass is 16.7. The lowest BCUT2D eigenvalue weighted by Gasteiger charge is -2.33. The Balaban J connectivity index is 1.12. The number of allylic oxidation sites excluding steroid dienone is 1. The number of hydrogen-bond acceptors (Lipinski definition) is 7. The molecule has 0 aliphatic carbocycles. The van der Waals surface area contributed by atoms with E-state index in [1.54, 1.807) is 7.11 Å². The number of methoxy groups -OCH3 is 1. The molecule has 3 aliphatic heterocycles. The fourth-order valence-corrected chi connectivity index (χ4v) is 5.30. The van der Waals surface area contributed by atoms with Crippen LogP contribution in [0.2, 0.25) is 0 Å². The van der Waals surface area contributed by atoms with Crippen molar-refractivity contribution in [3.8, 4) is 11.5 Å². The molecular weight excluding hydrogens is 428 g/mol.